The van der Waals surface area contributed by atoms with Gasteiger partial charge in [0.15, 0.2) is 0 Å². The lowest BCUT2D eigenvalue weighted by atomic mass is 10.2. The second-order valence-electron chi connectivity index (χ2n) is 4.17. The third-order valence-electron chi connectivity index (χ3n) is 3.06. The van der Waals surface area contributed by atoms with Crippen LogP contribution >= 0.6 is 0 Å². The average molecular weight is 228 g/mol. The van der Waals surface area contributed by atoms with Crippen molar-refractivity contribution in [2.24, 2.45) is 0 Å². The lowest BCUT2D eigenvalue weighted by Crippen LogP contribution is -2.25. The molecule has 0 spiro atoms. The number of carbonyl (C=O) groups is 1. The van der Waals surface area contributed by atoms with E-state index in [9.17, 15) is 4.79 Å². The van der Waals surface area contributed by atoms with Crippen LogP contribution < -0.4 is 0 Å². The highest BCUT2D eigenvalue weighted by Gasteiger charge is 2.27. The van der Waals surface area contributed by atoms with Crippen molar-refractivity contribution in [3.8, 4) is 0 Å². The molecule has 3 heterocycles. The molecule has 0 aromatic carbocycles. The van der Waals surface area contributed by atoms with Gasteiger partial charge in [-0.2, -0.15) is 5.10 Å². The number of carbonyl (C=O) groups excluding carboxylic acids is 1. The average Bonchev–Trinajstić information content (AvgIpc) is 2.92. The molecule has 0 fully saturated rings. The number of nitrogens with zero attached hydrogens (tertiary/aromatic N) is 3. The van der Waals surface area contributed by atoms with Crippen LogP contribution in [0, 0.1) is 6.92 Å². The highest BCUT2D eigenvalue weighted by molar-refractivity contribution is 5.94. The maximum atomic E-state index is 12.2. The van der Waals surface area contributed by atoms with E-state index in [0.29, 0.717) is 18.7 Å². The van der Waals surface area contributed by atoms with E-state index in [1.165, 1.54) is 0 Å². The molecule has 2 aromatic rings. The zero-order chi connectivity index (χ0) is 11.8. The Morgan fingerprint density at radius 1 is 1.35 bits per heavy atom. The Morgan fingerprint density at radius 2 is 2.12 bits per heavy atom. The zero-order valence-electron chi connectivity index (χ0n) is 9.47. The van der Waals surface area contributed by atoms with Gasteiger partial charge in [0.25, 0.3) is 5.91 Å². The summed E-state index contributed by atoms with van der Waals surface area (Å²) in [6.07, 6.45) is 3.27. The van der Waals surface area contributed by atoms with Crippen molar-refractivity contribution in [3.63, 3.8) is 0 Å². The first-order valence-electron chi connectivity index (χ1n) is 5.47. The summed E-state index contributed by atoms with van der Waals surface area (Å²) < 4.78 is 0. The lowest BCUT2D eigenvalue weighted by molar-refractivity contribution is 0.0749. The van der Waals surface area contributed by atoms with E-state index in [1.54, 1.807) is 29.4 Å². The number of aromatic nitrogens is 3. The Balaban J connectivity index is 1.83. The standard InChI is InChI=1S/C12H12N4O/c1-8-10-6-16(7-11(10)15-14-8)12(17)9-2-4-13-5-3-9/h2-5H,6-7H2,1H3,(H,14,15). The maximum Gasteiger partial charge on any atom is 0.254 e. The first-order chi connectivity index (χ1) is 8.25. The Bertz CT molecular complexity index is 561. The van der Waals surface area contributed by atoms with Crippen LogP contribution in [0.5, 0.6) is 0 Å². The van der Waals surface area contributed by atoms with E-state index >= 15 is 0 Å². The van der Waals surface area contributed by atoms with Gasteiger partial charge in [-0.15, -0.1) is 0 Å². The summed E-state index contributed by atoms with van der Waals surface area (Å²) in [7, 11) is 0. The number of pyridine rings is 1. The molecule has 2 aromatic heterocycles. The number of fused-ring (bicyclic) bond motifs is 1. The first kappa shape index (κ1) is 10.0. The third kappa shape index (κ3) is 1.60. The summed E-state index contributed by atoms with van der Waals surface area (Å²) in [5.41, 5.74) is 3.84. The molecule has 3 rings (SSSR count). The number of rotatable bonds is 1. The molecule has 86 valence electrons. The quantitative estimate of drug-likeness (QED) is 0.799. The molecule has 0 aliphatic carbocycles. The van der Waals surface area contributed by atoms with Crippen LogP contribution in [0.25, 0.3) is 0 Å². The van der Waals surface area contributed by atoms with Crippen molar-refractivity contribution >= 4 is 5.91 Å². The molecule has 0 unspecified atom stereocenters. The SMILES string of the molecule is Cc1[nH]nc2c1CN(C(=O)c1ccncc1)C2. The molecule has 0 radical (unpaired) electrons. The van der Waals surface area contributed by atoms with Gasteiger partial charge in [0.1, 0.15) is 0 Å². The van der Waals surface area contributed by atoms with Crippen molar-refractivity contribution in [2.45, 2.75) is 20.0 Å². The Morgan fingerprint density at radius 3 is 2.82 bits per heavy atom. The predicted octanol–water partition coefficient (Wildman–Crippen LogP) is 1.27. The number of amides is 1. The monoisotopic (exact) mass is 228 g/mol. The van der Waals surface area contributed by atoms with Gasteiger partial charge >= 0.3 is 0 Å². The summed E-state index contributed by atoms with van der Waals surface area (Å²) >= 11 is 0. The number of hydrogen-bond donors (Lipinski definition) is 1. The molecular weight excluding hydrogens is 216 g/mol. The maximum absolute atomic E-state index is 12.2. The van der Waals surface area contributed by atoms with E-state index in [1.807, 2.05) is 6.92 Å². The zero-order valence-corrected chi connectivity index (χ0v) is 9.47. The molecule has 5 nitrogen and oxygen atoms in total. The van der Waals surface area contributed by atoms with Gasteiger partial charge in [-0.05, 0) is 19.1 Å². The van der Waals surface area contributed by atoms with Gasteiger partial charge in [-0.1, -0.05) is 0 Å². The van der Waals surface area contributed by atoms with E-state index in [2.05, 4.69) is 15.2 Å². The first-order valence-corrected chi connectivity index (χ1v) is 5.47. The largest absolute Gasteiger partial charge is 0.328 e. The van der Waals surface area contributed by atoms with Crippen LogP contribution in [-0.2, 0) is 13.1 Å². The Hall–Kier alpha value is -2.17. The van der Waals surface area contributed by atoms with Crippen LogP contribution in [0.15, 0.2) is 24.5 Å². The number of hydrogen-bond acceptors (Lipinski definition) is 3. The third-order valence-corrected chi connectivity index (χ3v) is 3.06. The van der Waals surface area contributed by atoms with Crippen LogP contribution in [0.4, 0.5) is 0 Å². The fraction of sp³-hybridized carbons (Fsp3) is 0.250. The topological polar surface area (TPSA) is 61.9 Å². The van der Waals surface area contributed by atoms with Crippen LogP contribution in [-0.4, -0.2) is 26.0 Å². The highest BCUT2D eigenvalue weighted by atomic mass is 16.2. The minimum Gasteiger partial charge on any atom is -0.328 e. The van der Waals surface area contributed by atoms with Crippen molar-refractivity contribution in [1.29, 1.82) is 0 Å². The highest BCUT2D eigenvalue weighted by Crippen LogP contribution is 2.24. The van der Waals surface area contributed by atoms with Gasteiger partial charge in [-0.25, -0.2) is 0 Å². The van der Waals surface area contributed by atoms with E-state index in [4.69, 9.17) is 0 Å². The van der Waals surface area contributed by atoms with Crippen LogP contribution in [0.3, 0.4) is 0 Å². The Kier molecular flexibility index (Phi) is 2.18. The molecule has 5 heteroatoms. The Labute approximate surface area is 98.5 Å². The second kappa shape index (κ2) is 3.69. The van der Waals surface area contributed by atoms with Crippen molar-refractivity contribution in [1.82, 2.24) is 20.1 Å². The van der Waals surface area contributed by atoms with Gasteiger partial charge in [-0.3, -0.25) is 14.9 Å². The van der Waals surface area contributed by atoms with E-state index < -0.39 is 0 Å². The molecule has 1 N–H and O–H groups in total. The lowest BCUT2D eigenvalue weighted by Gasteiger charge is -2.15. The summed E-state index contributed by atoms with van der Waals surface area (Å²) in [6, 6.07) is 3.47. The number of aromatic amines is 1. The summed E-state index contributed by atoms with van der Waals surface area (Å²) in [6.45, 7) is 3.20. The normalized spacial score (nSPS) is 13.8. The summed E-state index contributed by atoms with van der Waals surface area (Å²) in [5.74, 6) is 0.0322. The number of aryl methyl sites for hydroxylation is 1. The van der Waals surface area contributed by atoms with Crippen molar-refractivity contribution in [2.75, 3.05) is 0 Å². The molecular formula is C12H12N4O. The van der Waals surface area contributed by atoms with Gasteiger partial charge in [0, 0.05) is 29.2 Å². The van der Waals surface area contributed by atoms with Crippen molar-refractivity contribution < 1.29 is 4.79 Å². The molecule has 0 saturated heterocycles. The van der Waals surface area contributed by atoms with Gasteiger partial charge < -0.3 is 4.90 Å². The number of nitrogens with one attached hydrogen (secondary N) is 1. The van der Waals surface area contributed by atoms with Crippen LogP contribution in [0.1, 0.15) is 27.3 Å². The predicted molar refractivity (Wildman–Crippen MR) is 61.1 cm³/mol. The minimum absolute atomic E-state index is 0.0322. The molecule has 0 atom stereocenters. The van der Waals surface area contributed by atoms with Crippen molar-refractivity contribution in [3.05, 3.63) is 47.0 Å². The van der Waals surface area contributed by atoms with Gasteiger partial charge in [0.05, 0.1) is 18.8 Å². The number of H-pyrrole nitrogens is 1. The fourth-order valence-electron chi connectivity index (χ4n) is 2.09. The van der Waals surface area contributed by atoms with Crippen LogP contribution in [0.2, 0.25) is 0 Å². The van der Waals surface area contributed by atoms with E-state index in [-0.39, 0.29) is 5.91 Å². The molecule has 1 aliphatic heterocycles. The minimum atomic E-state index is 0.0322. The molecule has 17 heavy (non-hydrogen) atoms. The second-order valence-corrected chi connectivity index (χ2v) is 4.17. The molecule has 1 aliphatic rings. The fourth-order valence-corrected chi connectivity index (χ4v) is 2.09. The smallest absolute Gasteiger partial charge is 0.254 e. The molecule has 0 bridgehead atoms. The summed E-state index contributed by atoms with van der Waals surface area (Å²) in [5, 5.41) is 7.13. The van der Waals surface area contributed by atoms with E-state index in [0.717, 1.165) is 17.0 Å². The molecule has 0 saturated carbocycles. The molecule has 1 amide bonds. The van der Waals surface area contributed by atoms with Gasteiger partial charge in [0.2, 0.25) is 0 Å². The summed E-state index contributed by atoms with van der Waals surface area (Å²) in [4.78, 5) is 17.9.